The predicted octanol–water partition coefficient (Wildman–Crippen LogP) is 4.40. The Kier molecular flexibility index (Phi) is 6.50. The minimum atomic E-state index is 0.341. The Labute approximate surface area is 178 Å². The van der Waals surface area contributed by atoms with Gasteiger partial charge in [-0.3, -0.25) is 10.4 Å². The molecule has 0 saturated heterocycles. The first-order valence-electron chi connectivity index (χ1n) is 10.4. The Balaban J connectivity index is 2.24. The third kappa shape index (κ3) is 3.92. The molecule has 3 heterocycles. The van der Waals surface area contributed by atoms with E-state index in [1.807, 2.05) is 12.3 Å². The number of hydrogen-bond acceptors (Lipinski definition) is 4. The van der Waals surface area contributed by atoms with Crippen molar-refractivity contribution in [2.24, 2.45) is 17.8 Å². The molecule has 0 aliphatic rings. The zero-order chi connectivity index (χ0) is 21.8. The molecule has 0 aromatic carbocycles. The molecule has 3 rings (SSSR count). The van der Waals surface area contributed by atoms with Crippen LogP contribution in [-0.4, -0.2) is 33.3 Å². The maximum Gasteiger partial charge on any atom is 0.120 e. The van der Waals surface area contributed by atoms with Crippen LogP contribution in [0, 0.1) is 12.3 Å². The molecule has 0 saturated carbocycles. The lowest BCUT2D eigenvalue weighted by molar-refractivity contribution is 0.710. The molecule has 0 amide bonds. The molecule has 0 aliphatic carbocycles. The second kappa shape index (κ2) is 9.07. The molecular weight excluding hydrogens is 374 g/mol. The van der Waals surface area contributed by atoms with E-state index in [0.29, 0.717) is 18.3 Å². The van der Waals surface area contributed by atoms with Crippen LogP contribution in [0.3, 0.4) is 0 Å². The van der Waals surface area contributed by atoms with Crippen LogP contribution in [0.5, 0.6) is 0 Å². The van der Waals surface area contributed by atoms with Crippen LogP contribution < -0.4 is 11.1 Å². The highest BCUT2D eigenvalue weighted by molar-refractivity contribution is 5.97. The van der Waals surface area contributed by atoms with Crippen LogP contribution in [0.4, 0.5) is 5.69 Å². The first-order chi connectivity index (χ1) is 14.4. The van der Waals surface area contributed by atoms with Gasteiger partial charge in [0.15, 0.2) is 0 Å². The number of anilines is 1. The van der Waals surface area contributed by atoms with Gasteiger partial charge in [0.05, 0.1) is 34.7 Å². The SMILES string of the molecule is CCc1c(C)c2nc(-c3cccnc3C(C)CC)cc(NCC(N)=NC=N)c2n1C. The second-order valence-corrected chi connectivity index (χ2v) is 7.59. The highest BCUT2D eigenvalue weighted by Crippen LogP contribution is 2.35. The second-order valence-electron chi connectivity index (χ2n) is 7.59. The number of pyridine rings is 2. The lowest BCUT2D eigenvalue weighted by Crippen LogP contribution is -2.23. The number of aryl methyl sites for hydroxylation is 2. The number of fused-ring (bicyclic) bond motifs is 1. The van der Waals surface area contributed by atoms with Crippen molar-refractivity contribution < 1.29 is 0 Å². The number of nitrogens with zero attached hydrogens (tertiary/aromatic N) is 4. The Morgan fingerprint density at radius 1 is 1.40 bits per heavy atom. The molecule has 158 valence electrons. The summed E-state index contributed by atoms with van der Waals surface area (Å²) in [7, 11) is 2.07. The Morgan fingerprint density at radius 3 is 2.83 bits per heavy atom. The van der Waals surface area contributed by atoms with Crippen molar-refractivity contribution >= 4 is 28.9 Å². The van der Waals surface area contributed by atoms with E-state index >= 15 is 0 Å². The lowest BCUT2D eigenvalue weighted by Gasteiger charge is -2.16. The normalized spacial score (nSPS) is 12.9. The van der Waals surface area contributed by atoms with Crippen LogP contribution in [-0.2, 0) is 13.5 Å². The van der Waals surface area contributed by atoms with Gasteiger partial charge in [-0.25, -0.2) is 9.98 Å². The van der Waals surface area contributed by atoms with Gasteiger partial charge in [-0.05, 0) is 49.4 Å². The zero-order valence-corrected chi connectivity index (χ0v) is 18.5. The van der Waals surface area contributed by atoms with Crippen molar-refractivity contribution in [3.63, 3.8) is 0 Å². The minimum absolute atomic E-state index is 0.341. The van der Waals surface area contributed by atoms with E-state index in [2.05, 4.69) is 66.7 Å². The van der Waals surface area contributed by atoms with Gasteiger partial charge in [0, 0.05) is 24.5 Å². The fourth-order valence-electron chi connectivity index (χ4n) is 3.97. The number of rotatable bonds is 8. The van der Waals surface area contributed by atoms with Crippen molar-refractivity contribution in [1.82, 2.24) is 14.5 Å². The molecule has 0 aliphatic heterocycles. The van der Waals surface area contributed by atoms with Crippen LogP contribution in [0.2, 0.25) is 0 Å². The summed E-state index contributed by atoms with van der Waals surface area (Å²) in [5.41, 5.74) is 14.3. The zero-order valence-electron chi connectivity index (χ0n) is 18.5. The van der Waals surface area contributed by atoms with Crippen LogP contribution in [0.15, 0.2) is 29.4 Å². The molecule has 1 unspecified atom stereocenters. The van der Waals surface area contributed by atoms with Gasteiger partial charge >= 0.3 is 0 Å². The number of nitrogens with two attached hydrogens (primary N) is 1. The van der Waals surface area contributed by atoms with E-state index in [1.165, 1.54) is 11.3 Å². The summed E-state index contributed by atoms with van der Waals surface area (Å²) < 4.78 is 2.20. The minimum Gasteiger partial charge on any atom is -0.386 e. The average molecular weight is 406 g/mol. The van der Waals surface area contributed by atoms with Crippen LogP contribution >= 0.6 is 0 Å². The lowest BCUT2D eigenvalue weighted by atomic mass is 9.97. The summed E-state index contributed by atoms with van der Waals surface area (Å²) >= 11 is 0. The van der Waals surface area contributed by atoms with Gasteiger partial charge in [0.1, 0.15) is 12.2 Å². The van der Waals surface area contributed by atoms with Crippen molar-refractivity contribution in [3.05, 3.63) is 41.3 Å². The molecule has 0 radical (unpaired) electrons. The van der Waals surface area contributed by atoms with E-state index in [0.717, 1.165) is 52.9 Å². The van der Waals surface area contributed by atoms with Crippen molar-refractivity contribution in [2.45, 2.75) is 46.5 Å². The molecule has 1 atom stereocenters. The van der Waals surface area contributed by atoms with E-state index in [1.54, 1.807) is 0 Å². The molecule has 3 aromatic rings. The maximum atomic E-state index is 7.12. The van der Waals surface area contributed by atoms with Gasteiger partial charge in [-0.15, -0.1) is 0 Å². The van der Waals surface area contributed by atoms with E-state index < -0.39 is 0 Å². The van der Waals surface area contributed by atoms with Gasteiger partial charge in [0.25, 0.3) is 0 Å². The molecule has 4 N–H and O–H groups in total. The number of amidine groups is 1. The largest absolute Gasteiger partial charge is 0.386 e. The molecule has 0 spiro atoms. The van der Waals surface area contributed by atoms with Crippen molar-refractivity contribution in [2.75, 3.05) is 11.9 Å². The van der Waals surface area contributed by atoms with Gasteiger partial charge in [-0.2, -0.15) is 0 Å². The predicted molar refractivity (Wildman–Crippen MR) is 126 cm³/mol. The van der Waals surface area contributed by atoms with Crippen LogP contribution in [0.1, 0.15) is 50.1 Å². The number of aromatic nitrogens is 3. The standard InChI is InChI=1S/C23H31N7/c1-6-14(3)21-16(9-8-10-26-21)17-11-18(27-12-20(25)28-13-24)23-22(29-17)15(4)19(7-2)30(23)5/h8-11,13-14H,6-7,12H2,1-5H3,(H,27,29)(H3,24,25,28). The number of hydrogen-bond donors (Lipinski definition) is 3. The molecule has 0 bridgehead atoms. The topological polar surface area (TPSA) is 105 Å². The first kappa shape index (κ1) is 21.5. The smallest absolute Gasteiger partial charge is 0.120 e. The van der Waals surface area contributed by atoms with Gasteiger partial charge < -0.3 is 15.6 Å². The monoisotopic (exact) mass is 405 g/mol. The van der Waals surface area contributed by atoms with E-state index in [4.69, 9.17) is 16.1 Å². The third-order valence-corrected chi connectivity index (χ3v) is 5.74. The number of nitrogens with one attached hydrogen (secondary N) is 2. The van der Waals surface area contributed by atoms with Gasteiger partial charge in [-0.1, -0.05) is 20.8 Å². The summed E-state index contributed by atoms with van der Waals surface area (Å²) in [6, 6.07) is 6.13. The summed E-state index contributed by atoms with van der Waals surface area (Å²) in [6.07, 6.45) is 4.74. The first-order valence-corrected chi connectivity index (χ1v) is 10.4. The van der Waals surface area contributed by atoms with Crippen molar-refractivity contribution in [1.29, 1.82) is 5.41 Å². The summed E-state index contributed by atoms with van der Waals surface area (Å²) in [5, 5.41) is 10.5. The van der Waals surface area contributed by atoms with E-state index in [-0.39, 0.29) is 0 Å². The Bertz CT molecular complexity index is 1090. The maximum absolute atomic E-state index is 7.12. The highest BCUT2D eigenvalue weighted by Gasteiger charge is 2.20. The quantitative estimate of drug-likeness (QED) is 0.382. The molecule has 7 nitrogen and oxygen atoms in total. The molecular formula is C23H31N7. The fraction of sp³-hybridized carbons (Fsp3) is 0.391. The average Bonchev–Trinajstić information content (AvgIpc) is 3.01. The molecule has 0 fully saturated rings. The molecule has 30 heavy (non-hydrogen) atoms. The third-order valence-electron chi connectivity index (χ3n) is 5.74. The van der Waals surface area contributed by atoms with Gasteiger partial charge in [0.2, 0.25) is 0 Å². The Morgan fingerprint density at radius 2 is 2.17 bits per heavy atom. The summed E-state index contributed by atoms with van der Waals surface area (Å²) in [5.74, 6) is 0.702. The van der Waals surface area contributed by atoms with E-state index in [9.17, 15) is 0 Å². The Hall–Kier alpha value is -3.22. The van der Waals surface area contributed by atoms with Crippen molar-refractivity contribution in [3.8, 4) is 11.3 Å². The fourth-order valence-corrected chi connectivity index (χ4v) is 3.97. The summed E-state index contributed by atoms with van der Waals surface area (Å²) in [6.45, 7) is 9.01. The van der Waals surface area contributed by atoms with Crippen LogP contribution in [0.25, 0.3) is 22.3 Å². The molecule has 7 heteroatoms. The molecule has 3 aromatic heterocycles. The summed E-state index contributed by atoms with van der Waals surface area (Å²) in [4.78, 5) is 13.6. The highest BCUT2D eigenvalue weighted by atomic mass is 15.0. The number of aliphatic imine (C=N–C) groups is 1.